The summed E-state index contributed by atoms with van der Waals surface area (Å²) in [6.07, 6.45) is 0.571. The molecule has 0 spiro atoms. The Morgan fingerprint density at radius 3 is 2.64 bits per heavy atom. The molecule has 3 rings (SSSR count). The van der Waals surface area contributed by atoms with E-state index < -0.39 is 5.97 Å². The monoisotopic (exact) mass is 305 g/mol. The number of nitrogens with zero attached hydrogens (tertiary/aromatic N) is 1. The molecule has 0 aliphatic carbocycles. The quantitative estimate of drug-likeness (QED) is 0.920. The lowest BCUT2D eigenvalue weighted by atomic mass is 9.99. The average Bonchev–Trinajstić information content (AvgIpc) is 2.66. The number of carbonyl (C=O) groups is 2. The Morgan fingerprint density at radius 2 is 2.05 bits per heavy atom. The topological polar surface area (TPSA) is 76.1 Å². The Kier molecular flexibility index (Phi) is 3.27. The van der Waals surface area contributed by atoms with E-state index in [-0.39, 0.29) is 23.2 Å². The summed E-state index contributed by atoms with van der Waals surface area (Å²) in [5.41, 5.74) is 0.674. The van der Waals surface area contributed by atoms with Crippen molar-refractivity contribution in [2.75, 3.05) is 13.1 Å². The molecule has 1 aromatic carbocycles. The summed E-state index contributed by atoms with van der Waals surface area (Å²) in [7, 11) is 0. The maximum absolute atomic E-state index is 11.3. The lowest BCUT2D eigenvalue weighted by molar-refractivity contribution is -0.137. The zero-order valence-electron chi connectivity index (χ0n) is 12.9. The van der Waals surface area contributed by atoms with Crippen LogP contribution in [0.1, 0.15) is 36.7 Å². The highest BCUT2D eigenvalue weighted by atomic mass is 16.5. The van der Waals surface area contributed by atoms with Gasteiger partial charge >= 0.3 is 5.97 Å². The van der Waals surface area contributed by atoms with Crippen LogP contribution < -0.4 is 9.47 Å². The van der Waals surface area contributed by atoms with Crippen molar-refractivity contribution in [2.24, 2.45) is 0 Å². The number of hydrogen-bond donors (Lipinski definition) is 1. The van der Waals surface area contributed by atoms with E-state index in [2.05, 4.69) is 0 Å². The molecule has 1 fully saturated rings. The number of carbonyl (C=O) groups excluding carboxylic acids is 1. The van der Waals surface area contributed by atoms with E-state index in [0.717, 1.165) is 5.56 Å². The van der Waals surface area contributed by atoms with Crippen LogP contribution in [0, 0.1) is 0 Å². The van der Waals surface area contributed by atoms with Gasteiger partial charge in [0, 0.05) is 18.9 Å². The maximum Gasteiger partial charge on any atom is 0.335 e. The van der Waals surface area contributed by atoms with Gasteiger partial charge in [0.15, 0.2) is 0 Å². The molecule has 6 heteroatoms. The molecule has 6 nitrogen and oxygen atoms in total. The number of likely N-dealkylation sites (tertiary alicyclic amines) is 1. The summed E-state index contributed by atoms with van der Waals surface area (Å²) >= 11 is 0. The van der Waals surface area contributed by atoms with Crippen LogP contribution in [0.2, 0.25) is 0 Å². The smallest absolute Gasteiger partial charge is 0.335 e. The van der Waals surface area contributed by atoms with Crippen molar-refractivity contribution in [3.63, 3.8) is 0 Å². The molecule has 0 atom stereocenters. The van der Waals surface area contributed by atoms with Gasteiger partial charge in [-0.1, -0.05) is 0 Å². The van der Waals surface area contributed by atoms with E-state index in [1.165, 1.54) is 6.92 Å². The molecule has 0 aromatic heterocycles. The van der Waals surface area contributed by atoms with Crippen molar-refractivity contribution in [3.8, 4) is 11.5 Å². The second-order valence-electron chi connectivity index (χ2n) is 6.46. The number of benzene rings is 1. The van der Waals surface area contributed by atoms with Crippen molar-refractivity contribution in [3.05, 3.63) is 23.3 Å². The van der Waals surface area contributed by atoms with E-state index >= 15 is 0 Å². The third kappa shape index (κ3) is 2.61. The zero-order valence-corrected chi connectivity index (χ0v) is 12.9. The minimum atomic E-state index is -1.01. The number of amides is 1. The number of carboxylic acids is 1. The van der Waals surface area contributed by atoms with Crippen LogP contribution in [0.15, 0.2) is 12.1 Å². The predicted molar refractivity (Wildman–Crippen MR) is 78.5 cm³/mol. The van der Waals surface area contributed by atoms with Gasteiger partial charge in [0.1, 0.15) is 23.2 Å². The fourth-order valence-corrected chi connectivity index (χ4v) is 2.82. The maximum atomic E-state index is 11.3. The third-order valence-corrected chi connectivity index (χ3v) is 3.99. The first-order valence-corrected chi connectivity index (χ1v) is 7.26. The third-order valence-electron chi connectivity index (χ3n) is 3.99. The SMILES string of the molecule is CC(=O)N1CC(Oc2cc(C(=O)O)cc3c2CC(C)(C)O3)C1. The summed E-state index contributed by atoms with van der Waals surface area (Å²) in [4.78, 5) is 24.2. The van der Waals surface area contributed by atoms with Gasteiger partial charge in [0.25, 0.3) is 0 Å². The first kappa shape index (κ1) is 14.7. The number of fused-ring (bicyclic) bond motifs is 1. The summed E-state index contributed by atoms with van der Waals surface area (Å²) in [6.45, 7) is 6.50. The molecule has 1 N–H and O–H groups in total. The number of aromatic carboxylic acids is 1. The number of ether oxygens (including phenoxy) is 2. The van der Waals surface area contributed by atoms with Crippen molar-refractivity contribution < 1.29 is 24.2 Å². The summed E-state index contributed by atoms with van der Waals surface area (Å²) in [5.74, 6) is 0.130. The first-order valence-electron chi connectivity index (χ1n) is 7.26. The second kappa shape index (κ2) is 4.90. The fourth-order valence-electron chi connectivity index (χ4n) is 2.82. The number of rotatable bonds is 3. The fraction of sp³-hybridized carbons (Fsp3) is 0.500. The Bertz CT molecular complexity index is 646. The van der Waals surface area contributed by atoms with E-state index in [9.17, 15) is 14.7 Å². The summed E-state index contributed by atoms with van der Waals surface area (Å²) < 4.78 is 11.7. The largest absolute Gasteiger partial charge is 0.487 e. The molecule has 2 heterocycles. The van der Waals surface area contributed by atoms with Crippen LogP contribution in [0.4, 0.5) is 0 Å². The highest BCUT2D eigenvalue weighted by molar-refractivity contribution is 5.89. The Labute approximate surface area is 128 Å². The molecule has 1 amide bonds. The molecular weight excluding hydrogens is 286 g/mol. The van der Waals surface area contributed by atoms with Crippen LogP contribution >= 0.6 is 0 Å². The van der Waals surface area contributed by atoms with Crippen molar-refractivity contribution in [2.45, 2.75) is 38.9 Å². The predicted octanol–water partition coefficient (Wildman–Crippen LogP) is 1.71. The van der Waals surface area contributed by atoms with Crippen LogP contribution in [0.25, 0.3) is 0 Å². The van der Waals surface area contributed by atoms with Crippen molar-refractivity contribution >= 4 is 11.9 Å². The Morgan fingerprint density at radius 1 is 1.36 bits per heavy atom. The molecule has 118 valence electrons. The molecule has 0 saturated carbocycles. The molecule has 0 bridgehead atoms. The Hall–Kier alpha value is -2.24. The zero-order chi connectivity index (χ0) is 16.1. The van der Waals surface area contributed by atoms with Gasteiger partial charge in [0.05, 0.1) is 18.7 Å². The number of hydrogen-bond acceptors (Lipinski definition) is 4. The van der Waals surface area contributed by atoms with Crippen molar-refractivity contribution in [1.82, 2.24) is 4.90 Å². The van der Waals surface area contributed by atoms with E-state index in [4.69, 9.17) is 9.47 Å². The van der Waals surface area contributed by atoms with Gasteiger partial charge in [-0.05, 0) is 26.0 Å². The summed E-state index contributed by atoms with van der Waals surface area (Å²) in [5, 5.41) is 9.23. The van der Waals surface area contributed by atoms with Crippen LogP contribution in [0.3, 0.4) is 0 Å². The lowest BCUT2D eigenvalue weighted by Crippen LogP contribution is -2.55. The van der Waals surface area contributed by atoms with E-state index in [1.54, 1.807) is 17.0 Å². The van der Waals surface area contributed by atoms with Gasteiger partial charge in [-0.3, -0.25) is 4.79 Å². The molecule has 0 unspecified atom stereocenters. The van der Waals surface area contributed by atoms with Gasteiger partial charge < -0.3 is 19.5 Å². The normalized spacial score (nSPS) is 19.1. The Balaban J connectivity index is 1.85. The highest BCUT2D eigenvalue weighted by Gasteiger charge is 2.36. The molecule has 1 saturated heterocycles. The second-order valence-corrected chi connectivity index (χ2v) is 6.46. The van der Waals surface area contributed by atoms with Gasteiger partial charge in [-0.15, -0.1) is 0 Å². The first-order chi connectivity index (χ1) is 10.2. The van der Waals surface area contributed by atoms with E-state index in [1.807, 2.05) is 13.8 Å². The van der Waals surface area contributed by atoms with Gasteiger partial charge in [-0.25, -0.2) is 4.79 Å². The number of carboxylic acid groups (broad SMARTS) is 1. The van der Waals surface area contributed by atoms with Crippen LogP contribution in [-0.4, -0.2) is 46.7 Å². The van der Waals surface area contributed by atoms with E-state index in [0.29, 0.717) is 31.0 Å². The summed E-state index contributed by atoms with van der Waals surface area (Å²) in [6, 6.07) is 3.09. The highest BCUT2D eigenvalue weighted by Crippen LogP contribution is 2.42. The molecule has 0 radical (unpaired) electrons. The lowest BCUT2D eigenvalue weighted by Gasteiger charge is -2.38. The molecule has 2 aliphatic rings. The van der Waals surface area contributed by atoms with Crippen molar-refractivity contribution in [1.29, 1.82) is 0 Å². The molecular formula is C16H19NO5. The molecule has 1 aromatic rings. The van der Waals surface area contributed by atoms with Gasteiger partial charge in [0.2, 0.25) is 5.91 Å². The average molecular weight is 305 g/mol. The van der Waals surface area contributed by atoms with Crippen LogP contribution in [0.5, 0.6) is 11.5 Å². The minimum absolute atomic E-state index is 0.0221. The standard InChI is InChI=1S/C16H19NO5/c1-9(18)17-7-11(8-17)21-13-4-10(15(19)20)5-14-12(13)6-16(2,3)22-14/h4-5,11H,6-8H2,1-3H3,(H,19,20). The minimum Gasteiger partial charge on any atom is -0.487 e. The molecule has 2 aliphatic heterocycles. The van der Waals surface area contributed by atoms with Gasteiger partial charge in [-0.2, -0.15) is 0 Å². The molecule has 22 heavy (non-hydrogen) atoms. The van der Waals surface area contributed by atoms with Crippen LogP contribution in [-0.2, 0) is 11.2 Å².